The van der Waals surface area contributed by atoms with Crippen LogP contribution in [-0.4, -0.2) is 35.2 Å². The Hall–Kier alpha value is -3.60. The zero-order chi connectivity index (χ0) is 20.4. The normalized spacial score (nSPS) is 13.3. The van der Waals surface area contributed by atoms with Crippen LogP contribution in [0.4, 0.5) is 4.79 Å². The molecule has 5 heteroatoms. The number of ether oxygens (including phenoxy) is 1. The van der Waals surface area contributed by atoms with Crippen molar-refractivity contribution in [1.29, 1.82) is 0 Å². The van der Waals surface area contributed by atoms with E-state index < -0.39 is 24.1 Å². The molecule has 1 amide bonds. The van der Waals surface area contributed by atoms with Gasteiger partial charge in [0.1, 0.15) is 6.04 Å². The van der Waals surface area contributed by atoms with Gasteiger partial charge in [-0.3, -0.25) is 4.90 Å². The highest BCUT2D eigenvalue weighted by molar-refractivity contribution is 5.85. The van der Waals surface area contributed by atoms with Gasteiger partial charge < -0.3 is 9.84 Å². The molecular weight excluding hydrogens is 366 g/mol. The van der Waals surface area contributed by atoms with Crippen molar-refractivity contribution in [2.75, 3.05) is 7.11 Å². The monoisotopic (exact) mass is 387 g/mol. The number of hydrogen-bond acceptors (Lipinski definition) is 3. The van der Waals surface area contributed by atoms with E-state index in [2.05, 4.69) is 0 Å². The molecule has 4 rings (SSSR count). The zero-order valence-electron chi connectivity index (χ0n) is 16.0. The number of benzene rings is 3. The van der Waals surface area contributed by atoms with Crippen molar-refractivity contribution in [3.63, 3.8) is 0 Å². The summed E-state index contributed by atoms with van der Waals surface area (Å²) in [6, 6.07) is 23.3. The van der Waals surface area contributed by atoms with E-state index in [9.17, 15) is 14.7 Å². The molecule has 29 heavy (non-hydrogen) atoms. The number of hydrogen-bond donors (Lipinski definition) is 1. The lowest BCUT2D eigenvalue weighted by molar-refractivity contribution is -0.143. The largest absolute Gasteiger partial charge is 0.480 e. The number of fused-ring (bicyclic) bond motifs is 3. The summed E-state index contributed by atoms with van der Waals surface area (Å²) in [6.07, 6.45) is -0.476. The summed E-state index contributed by atoms with van der Waals surface area (Å²) < 4.78 is 5.05. The number of methoxy groups -OCH3 is 1. The minimum absolute atomic E-state index is 0.187. The first kappa shape index (κ1) is 18.7. The number of aliphatic carboxylic acids is 1. The van der Waals surface area contributed by atoms with Crippen LogP contribution in [-0.2, 0) is 16.0 Å². The molecule has 0 aliphatic heterocycles. The summed E-state index contributed by atoms with van der Waals surface area (Å²) >= 11 is 0. The minimum Gasteiger partial charge on any atom is -0.480 e. The van der Waals surface area contributed by atoms with E-state index in [1.54, 1.807) is 0 Å². The van der Waals surface area contributed by atoms with Crippen LogP contribution in [0.3, 0.4) is 0 Å². The standard InChI is InChI=1S/C24H21NO4/c1-29-24(28)25(21(23(26)27)15-16-9-3-2-4-10-16)22-19-13-7-5-11-17(19)18-12-6-8-14-20(18)22/h2-14,21-22H,15H2,1H3,(H,26,27). The summed E-state index contributed by atoms with van der Waals surface area (Å²) in [7, 11) is 1.28. The van der Waals surface area contributed by atoms with Gasteiger partial charge in [-0.2, -0.15) is 0 Å². The summed E-state index contributed by atoms with van der Waals surface area (Å²) in [5.74, 6) is -1.07. The van der Waals surface area contributed by atoms with Crippen LogP contribution >= 0.6 is 0 Å². The third-order valence-electron chi connectivity index (χ3n) is 5.36. The molecule has 146 valence electrons. The number of carbonyl (C=O) groups excluding carboxylic acids is 1. The lowest BCUT2D eigenvalue weighted by Gasteiger charge is -2.34. The molecule has 1 aliphatic rings. The molecule has 0 saturated carbocycles. The Bertz CT molecular complexity index is 1000. The quantitative estimate of drug-likeness (QED) is 0.699. The highest BCUT2D eigenvalue weighted by atomic mass is 16.5. The van der Waals surface area contributed by atoms with Gasteiger partial charge in [0.15, 0.2) is 0 Å². The fourth-order valence-electron chi connectivity index (χ4n) is 4.09. The minimum atomic E-state index is -1.07. The van der Waals surface area contributed by atoms with Gasteiger partial charge in [0.05, 0.1) is 13.2 Å². The first-order chi connectivity index (χ1) is 14.1. The van der Waals surface area contributed by atoms with Crippen LogP contribution in [0.25, 0.3) is 11.1 Å². The number of carboxylic acid groups (broad SMARTS) is 1. The van der Waals surface area contributed by atoms with E-state index >= 15 is 0 Å². The summed E-state index contributed by atoms with van der Waals surface area (Å²) in [5, 5.41) is 10.1. The predicted molar refractivity (Wildman–Crippen MR) is 110 cm³/mol. The molecule has 0 spiro atoms. The Morgan fingerprint density at radius 2 is 1.41 bits per heavy atom. The van der Waals surface area contributed by atoms with Gasteiger partial charge >= 0.3 is 12.1 Å². The smallest absolute Gasteiger partial charge is 0.411 e. The Balaban J connectivity index is 1.85. The van der Waals surface area contributed by atoms with Crippen LogP contribution in [0.15, 0.2) is 78.9 Å². The van der Waals surface area contributed by atoms with E-state index in [0.717, 1.165) is 27.8 Å². The van der Waals surface area contributed by atoms with Gasteiger partial charge in [0.25, 0.3) is 0 Å². The molecule has 3 aromatic carbocycles. The first-order valence-electron chi connectivity index (χ1n) is 9.43. The van der Waals surface area contributed by atoms with E-state index in [1.807, 2.05) is 78.9 Å². The van der Waals surface area contributed by atoms with Crippen molar-refractivity contribution >= 4 is 12.1 Å². The molecule has 1 N–H and O–H groups in total. The third kappa shape index (κ3) is 3.36. The van der Waals surface area contributed by atoms with Gasteiger partial charge in [-0.1, -0.05) is 78.9 Å². The Labute approximate surface area is 169 Å². The number of carboxylic acids is 1. The Morgan fingerprint density at radius 3 is 1.93 bits per heavy atom. The van der Waals surface area contributed by atoms with Gasteiger partial charge in [-0.05, 0) is 27.8 Å². The molecule has 0 fully saturated rings. The van der Waals surface area contributed by atoms with Crippen molar-refractivity contribution in [1.82, 2.24) is 4.90 Å². The van der Waals surface area contributed by atoms with Gasteiger partial charge in [-0.15, -0.1) is 0 Å². The maximum absolute atomic E-state index is 12.9. The third-order valence-corrected chi connectivity index (χ3v) is 5.36. The molecule has 0 saturated heterocycles. The maximum atomic E-state index is 12.9. The molecule has 0 aromatic heterocycles. The van der Waals surface area contributed by atoms with Crippen molar-refractivity contribution in [2.45, 2.75) is 18.5 Å². The lowest BCUT2D eigenvalue weighted by Crippen LogP contribution is -2.48. The van der Waals surface area contributed by atoms with Crippen molar-refractivity contribution in [2.24, 2.45) is 0 Å². The van der Waals surface area contributed by atoms with E-state index in [1.165, 1.54) is 12.0 Å². The number of carbonyl (C=O) groups is 2. The fourth-order valence-corrected chi connectivity index (χ4v) is 4.09. The summed E-state index contributed by atoms with van der Waals surface area (Å²) in [5.41, 5.74) is 4.65. The maximum Gasteiger partial charge on any atom is 0.411 e. The van der Waals surface area contributed by atoms with Gasteiger partial charge in [-0.25, -0.2) is 9.59 Å². The van der Waals surface area contributed by atoms with E-state index in [4.69, 9.17) is 4.74 Å². The molecule has 3 aromatic rings. The molecule has 0 radical (unpaired) electrons. The summed E-state index contributed by atoms with van der Waals surface area (Å²) in [4.78, 5) is 26.6. The Kier molecular flexibility index (Phi) is 5.04. The van der Waals surface area contributed by atoms with Crippen LogP contribution in [0.5, 0.6) is 0 Å². The molecule has 1 aliphatic carbocycles. The van der Waals surface area contributed by atoms with Crippen LogP contribution in [0.1, 0.15) is 22.7 Å². The molecule has 5 nitrogen and oxygen atoms in total. The Morgan fingerprint density at radius 1 is 0.897 bits per heavy atom. The van der Waals surface area contributed by atoms with Gasteiger partial charge in [0, 0.05) is 6.42 Å². The molecule has 1 unspecified atom stereocenters. The number of rotatable bonds is 5. The average molecular weight is 387 g/mol. The van der Waals surface area contributed by atoms with E-state index in [-0.39, 0.29) is 6.42 Å². The molecule has 0 heterocycles. The highest BCUT2D eigenvalue weighted by Crippen LogP contribution is 2.47. The second kappa shape index (κ2) is 7.80. The number of nitrogens with zero attached hydrogens (tertiary/aromatic N) is 1. The molecular formula is C24H21NO4. The highest BCUT2D eigenvalue weighted by Gasteiger charge is 2.42. The predicted octanol–water partition coefficient (Wildman–Crippen LogP) is 4.52. The first-order valence-corrected chi connectivity index (χ1v) is 9.43. The molecule has 0 bridgehead atoms. The van der Waals surface area contributed by atoms with Crippen LogP contribution in [0, 0.1) is 0 Å². The fraction of sp³-hybridized carbons (Fsp3) is 0.167. The van der Waals surface area contributed by atoms with E-state index in [0.29, 0.717) is 0 Å². The topological polar surface area (TPSA) is 66.8 Å². The van der Waals surface area contributed by atoms with Crippen molar-refractivity contribution in [3.05, 3.63) is 95.6 Å². The average Bonchev–Trinajstić information content (AvgIpc) is 3.08. The number of amides is 1. The second-order valence-corrected chi connectivity index (χ2v) is 7.00. The van der Waals surface area contributed by atoms with Gasteiger partial charge in [0.2, 0.25) is 0 Å². The summed E-state index contributed by atoms with van der Waals surface area (Å²) in [6.45, 7) is 0. The second-order valence-electron chi connectivity index (χ2n) is 7.00. The lowest BCUT2D eigenvalue weighted by atomic mass is 9.98. The SMILES string of the molecule is COC(=O)N(C(Cc1ccccc1)C(=O)O)C1c2ccccc2-c2ccccc21. The van der Waals surface area contributed by atoms with Crippen molar-refractivity contribution < 1.29 is 19.4 Å². The zero-order valence-corrected chi connectivity index (χ0v) is 16.0. The van der Waals surface area contributed by atoms with Crippen molar-refractivity contribution in [3.8, 4) is 11.1 Å². The van der Waals surface area contributed by atoms with Crippen LogP contribution in [0.2, 0.25) is 0 Å². The molecule has 1 atom stereocenters. The van der Waals surface area contributed by atoms with Crippen LogP contribution < -0.4 is 0 Å².